The lowest BCUT2D eigenvalue weighted by atomic mass is 10.2. The van der Waals surface area contributed by atoms with Crippen LogP contribution >= 0.6 is 27.3 Å². The second-order valence-corrected chi connectivity index (χ2v) is 7.23. The number of Topliss-reactive ketones (excluding diaryl/α,β-unsaturated/α-hetero) is 1. The summed E-state index contributed by atoms with van der Waals surface area (Å²) in [6.45, 7) is 1.18. The zero-order valence-corrected chi connectivity index (χ0v) is 13.7. The van der Waals surface area contributed by atoms with Gasteiger partial charge < -0.3 is 0 Å². The minimum atomic E-state index is 0.133. The van der Waals surface area contributed by atoms with Gasteiger partial charge in [-0.15, -0.1) is 11.3 Å². The van der Waals surface area contributed by atoms with Crippen LogP contribution in [0.2, 0.25) is 0 Å². The molecule has 5 heteroatoms. The highest BCUT2D eigenvalue weighted by molar-refractivity contribution is 9.11. The first-order valence-electron chi connectivity index (χ1n) is 6.58. The monoisotopic (exact) mass is 361 g/mol. The third kappa shape index (κ3) is 3.68. The van der Waals surface area contributed by atoms with Crippen LogP contribution in [0.15, 0.2) is 65.0 Å². The summed E-state index contributed by atoms with van der Waals surface area (Å²) in [5.41, 5.74) is 1.24. The van der Waals surface area contributed by atoms with Crippen molar-refractivity contribution in [3.63, 3.8) is 0 Å². The molecule has 2 heterocycles. The van der Waals surface area contributed by atoms with E-state index in [9.17, 15) is 4.79 Å². The Kier molecular flexibility index (Phi) is 4.31. The first-order chi connectivity index (χ1) is 10.2. The Morgan fingerprint density at radius 2 is 2.00 bits per heavy atom. The highest BCUT2D eigenvalue weighted by atomic mass is 79.9. The Balaban J connectivity index is 1.66. The van der Waals surface area contributed by atoms with Crippen molar-refractivity contribution < 1.29 is 9.36 Å². The molecule has 3 nitrogen and oxygen atoms in total. The van der Waals surface area contributed by atoms with E-state index in [1.54, 1.807) is 0 Å². The summed E-state index contributed by atoms with van der Waals surface area (Å²) in [5, 5.41) is 0. The molecule has 0 atom stereocenters. The van der Waals surface area contributed by atoms with Crippen molar-refractivity contribution in [2.75, 3.05) is 0 Å². The smallest absolute Gasteiger partial charge is 0.244 e. The zero-order valence-electron chi connectivity index (χ0n) is 11.3. The van der Waals surface area contributed by atoms with E-state index in [0.717, 1.165) is 15.2 Å². The molecular formula is C16H14BrN2OS+. The van der Waals surface area contributed by atoms with Gasteiger partial charge in [0.1, 0.15) is 18.9 Å². The summed E-state index contributed by atoms with van der Waals surface area (Å²) in [4.78, 5) is 12.9. The first-order valence-corrected chi connectivity index (χ1v) is 8.19. The summed E-state index contributed by atoms with van der Waals surface area (Å²) >= 11 is 4.85. The van der Waals surface area contributed by atoms with E-state index in [0.29, 0.717) is 6.54 Å². The number of thiophene rings is 1. The second kappa shape index (κ2) is 6.37. The van der Waals surface area contributed by atoms with E-state index in [2.05, 4.69) is 32.6 Å². The van der Waals surface area contributed by atoms with Crippen molar-refractivity contribution in [2.24, 2.45) is 0 Å². The number of hydrogen-bond acceptors (Lipinski definition) is 2. The molecule has 0 aliphatic heterocycles. The predicted molar refractivity (Wildman–Crippen MR) is 86.5 cm³/mol. The summed E-state index contributed by atoms with van der Waals surface area (Å²) in [6, 6.07) is 14.0. The molecule has 0 N–H and O–H groups in total. The number of carbonyl (C=O) groups is 1. The van der Waals surface area contributed by atoms with E-state index < -0.39 is 0 Å². The lowest BCUT2D eigenvalue weighted by Crippen LogP contribution is -2.31. The highest BCUT2D eigenvalue weighted by Gasteiger charge is 2.13. The quantitative estimate of drug-likeness (QED) is 0.504. The van der Waals surface area contributed by atoms with Crippen LogP contribution in [-0.4, -0.2) is 10.4 Å². The minimum Gasteiger partial charge on any atom is -0.289 e. The number of rotatable bonds is 5. The molecule has 0 fully saturated rings. The lowest BCUT2D eigenvalue weighted by molar-refractivity contribution is -0.687. The number of nitrogens with zero attached hydrogens (tertiary/aromatic N) is 2. The molecule has 0 saturated heterocycles. The molecule has 0 amide bonds. The van der Waals surface area contributed by atoms with E-state index in [1.165, 1.54) is 16.9 Å². The third-order valence-electron chi connectivity index (χ3n) is 3.13. The molecule has 1 aromatic carbocycles. The van der Waals surface area contributed by atoms with Crippen molar-refractivity contribution in [2.45, 2.75) is 13.1 Å². The van der Waals surface area contributed by atoms with Crippen molar-refractivity contribution in [3.05, 3.63) is 75.4 Å². The van der Waals surface area contributed by atoms with Crippen LogP contribution in [0.5, 0.6) is 0 Å². The van der Waals surface area contributed by atoms with E-state index >= 15 is 0 Å². The van der Waals surface area contributed by atoms with Gasteiger partial charge in [-0.2, -0.15) is 0 Å². The van der Waals surface area contributed by atoms with E-state index in [4.69, 9.17) is 0 Å². The van der Waals surface area contributed by atoms with Crippen molar-refractivity contribution >= 4 is 33.0 Å². The molecule has 3 rings (SSSR count). The van der Waals surface area contributed by atoms with Gasteiger partial charge in [0.2, 0.25) is 12.1 Å². The Hall–Kier alpha value is -1.72. The van der Waals surface area contributed by atoms with E-state index in [1.807, 2.05) is 53.6 Å². The van der Waals surface area contributed by atoms with Crippen LogP contribution in [0.1, 0.15) is 15.2 Å². The summed E-state index contributed by atoms with van der Waals surface area (Å²) in [7, 11) is 0. The molecule has 0 aliphatic rings. The number of hydrogen-bond donors (Lipinski definition) is 0. The number of imidazole rings is 1. The Morgan fingerprint density at radius 3 is 2.71 bits per heavy atom. The summed E-state index contributed by atoms with van der Waals surface area (Å²) < 4.78 is 4.98. The molecule has 2 aromatic heterocycles. The molecule has 0 radical (unpaired) electrons. The van der Waals surface area contributed by atoms with Gasteiger partial charge in [0.15, 0.2) is 6.54 Å². The molecule has 106 valence electrons. The molecule has 0 saturated carbocycles. The Bertz CT molecular complexity index is 748. The van der Waals surface area contributed by atoms with Gasteiger partial charge in [0.05, 0.1) is 8.66 Å². The predicted octanol–water partition coefficient (Wildman–Crippen LogP) is 3.53. The molecule has 0 aliphatic carbocycles. The summed E-state index contributed by atoms with van der Waals surface area (Å²) in [6.07, 6.45) is 5.89. The highest BCUT2D eigenvalue weighted by Crippen LogP contribution is 2.22. The Morgan fingerprint density at radius 1 is 1.19 bits per heavy atom. The maximum Gasteiger partial charge on any atom is 0.244 e. The normalized spacial score (nSPS) is 10.7. The molecule has 3 aromatic rings. The van der Waals surface area contributed by atoms with Crippen LogP contribution in [0, 0.1) is 0 Å². The average Bonchev–Trinajstić information content (AvgIpc) is 3.09. The maximum absolute atomic E-state index is 12.2. The van der Waals surface area contributed by atoms with Crippen LogP contribution < -0.4 is 4.57 Å². The first kappa shape index (κ1) is 14.2. The Labute approximate surface area is 135 Å². The largest absolute Gasteiger partial charge is 0.289 e. The van der Waals surface area contributed by atoms with Crippen molar-refractivity contribution in [1.29, 1.82) is 0 Å². The number of halogens is 1. The zero-order chi connectivity index (χ0) is 14.7. The third-order valence-corrected chi connectivity index (χ3v) is 4.79. The molecule has 0 bridgehead atoms. The van der Waals surface area contributed by atoms with Crippen molar-refractivity contribution in [1.82, 2.24) is 4.57 Å². The second-order valence-electron chi connectivity index (χ2n) is 4.77. The van der Waals surface area contributed by atoms with Gasteiger partial charge in [-0.1, -0.05) is 30.3 Å². The van der Waals surface area contributed by atoms with Gasteiger partial charge in [0.25, 0.3) is 0 Å². The fourth-order valence-electron chi connectivity index (χ4n) is 2.13. The van der Waals surface area contributed by atoms with Gasteiger partial charge in [0, 0.05) is 0 Å². The van der Waals surface area contributed by atoms with Gasteiger partial charge in [-0.05, 0) is 33.6 Å². The standard InChI is InChI=1S/C16H14BrN2OS/c17-16-7-6-15(21-16)14(20)11-19-9-8-18(12-19)10-13-4-2-1-3-5-13/h1-9,12H,10-11H2/q+1. The molecule has 0 unspecified atom stereocenters. The lowest BCUT2D eigenvalue weighted by Gasteiger charge is -1.97. The topological polar surface area (TPSA) is 25.9 Å². The number of ketones is 1. The number of carbonyl (C=O) groups excluding carboxylic acids is 1. The number of benzene rings is 1. The van der Waals surface area contributed by atoms with Gasteiger partial charge in [-0.25, -0.2) is 9.13 Å². The van der Waals surface area contributed by atoms with E-state index in [-0.39, 0.29) is 5.78 Å². The number of aromatic nitrogens is 2. The maximum atomic E-state index is 12.2. The fourth-order valence-corrected chi connectivity index (χ4v) is 3.44. The van der Waals surface area contributed by atoms with Crippen molar-refractivity contribution in [3.8, 4) is 0 Å². The summed E-state index contributed by atoms with van der Waals surface area (Å²) in [5.74, 6) is 0.133. The fraction of sp³-hybridized carbons (Fsp3) is 0.125. The van der Waals surface area contributed by atoms with Crippen LogP contribution in [0.25, 0.3) is 0 Å². The molecular weight excluding hydrogens is 348 g/mol. The van der Waals surface area contributed by atoms with Crippen LogP contribution in [0.3, 0.4) is 0 Å². The minimum absolute atomic E-state index is 0.133. The van der Waals surface area contributed by atoms with Gasteiger partial charge in [-0.3, -0.25) is 4.79 Å². The molecule has 21 heavy (non-hydrogen) atoms. The van der Waals surface area contributed by atoms with Crippen LogP contribution in [0.4, 0.5) is 0 Å². The van der Waals surface area contributed by atoms with Crippen LogP contribution in [-0.2, 0) is 13.1 Å². The molecule has 0 spiro atoms. The SMILES string of the molecule is O=C(Cn1cc[n+](Cc2ccccc2)c1)c1ccc(Br)s1. The average molecular weight is 362 g/mol. The van der Waals surface area contributed by atoms with Gasteiger partial charge >= 0.3 is 0 Å².